The van der Waals surface area contributed by atoms with Crippen molar-refractivity contribution in [3.8, 4) is 0 Å². The monoisotopic (exact) mass is 290 g/mol. The maximum absolute atomic E-state index is 12.0. The first-order valence-corrected chi connectivity index (χ1v) is 7.14. The molecule has 0 aromatic heterocycles. The summed E-state index contributed by atoms with van der Waals surface area (Å²) in [4.78, 5) is 23.9. The summed E-state index contributed by atoms with van der Waals surface area (Å²) in [7, 11) is 0. The fraction of sp³-hybridized carbons (Fsp3) is 0.600. The number of rotatable bonds is 0. The lowest BCUT2D eigenvalue weighted by Crippen LogP contribution is -2.33. The quantitative estimate of drug-likeness (QED) is 0.362. The standard InChI is InChI=1S/C15H14O6/c1-5-9-7-3-6(14(17)18-7)10-11(20-10)12-15(2,21-12)4-8(9)19-13(5)16/h3,7-12H,1,4H2,2H3/t7-,8+,9-,10-,11-,12+,15+/m1/s1. The molecule has 1 aliphatic carbocycles. The summed E-state index contributed by atoms with van der Waals surface area (Å²) in [5.41, 5.74) is 0.536. The summed E-state index contributed by atoms with van der Waals surface area (Å²) in [6.07, 6.45) is 1.08. The minimum Gasteiger partial charge on any atom is -0.458 e. The van der Waals surface area contributed by atoms with E-state index in [2.05, 4.69) is 6.58 Å². The lowest BCUT2D eigenvalue weighted by molar-refractivity contribution is -0.143. The number of esters is 2. The predicted molar refractivity (Wildman–Crippen MR) is 67.0 cm³/mol. The molecule has 0 amide bonds. The molecular weight excluding hydrogens is 276 g/mol. The Hall–Kier alpha value is -1.66. The van der Waals surface area contributed by atoms with Gasteiger partial charge >= 0.3 is 11.9 Å². The van der Waals surface area contributed by atoms with Crippen LogP contribution >= 0.6 is 0 Å². The lowest BCUT2D eigenvalue weighted by atomic mass is 9.83. The minimum atomic E-state index is -0.500. The van der Waals surface area contributed by atoms with Gasteiger partial charge in [-0.15, -0.1) is 0 Å². The predicted octanol–water partition coefficient (Wildman–Crippen LogP) is 0.265. The summed E-state index contributed by atoms with van der Waals surface area (Å²) in [6, 6.07) is 0. The maximum Gasteiger partial charge on any atom is 0.337 e. The third-order valence-electron chi connectivity index (χ3n) is 5.18. The van der Waals surface area contributed by atoms with E-state index in [1.807, 2.05) is 6.92 Å². The van der Waals surface area contributed by atoms with Crippen molar-refractivity contribution >= 4 is 11.9 Å². The fourth-order valence-electron chi connectivity index (χ4n) is 3.92. The van der Waals surface area contributed by atoms with Crippen LogP contribution in [0.2, 0.25) is 0 Å². The fourth-order valence-corrected chi connectivity index (χ4v) is 3.92. The van der Waals surface area contributed by atoms with E-state index in [9.17, 15) is 9.59 Å². The molecule has 5 aliphatic rings. The van der Waals surface area contributed by atoms with Crippen molar-refractivity contribution in [2.24, 2.45) is 5.92 Å². The molecule has 0 spiro atoms. The molecule has 110 valence electrons. The average molecular weight is 290 g/mol. The number of ether oxygens (including phenoxy) is 4. The van der Waals surface area contributed by atoms with E-state index >= 15 is 0 Å². The molecule has 0 saturated carbocycles. The van der Waals surface area contributed by atoms with E-state index in [1.165, 1.54) is 0 Å². The van der Waals surface area contributed by atoms with Crippen LogP contribution in [-0.2, 0) is 28.5 Å². The number of carbonyl (C=O) groups is 2. The Morgan fingerprint density at radius 2 is 2.10 bits per heavy atom. The Labute approximate surface area is 120 Å². The third kappa shape index (κ3) is 1.44. The number of fused-ring (bicyclic) bond motifs is 7. The minimum absolute atomic E-state index is 0.0541. The van der Waals surface area contributed by atoms with Gasteiger partial charge in [0, 0.05) is 12.0 Å². The first-order chi connectivity index (χ1) is 9.98. The summed E-state index contributed by atoms with van der Waals surface area (Å²) < 4.78 is 22.3. The lowest BCUT2D eigenvalue weighted by Gasteiger charge is -2.23. The zero-order valence-electron chi connectivity index (χ0n) is 11.4. The highest BCUT2D eigenvalue weighted by molar-refractivity contribution is 5.94. The van der Waals surface area contributed by atoms with Crippen molar-refractivity contribution in [2.45, 2.75) is 49.5 Å². The Morgan fingerprint density at radius 1 is 1.29 bits per heavy atom. The average Bonchev–Trinajstić information content (AvgIpc) is 3.25. The zero-order chi connectivity index (χ0) is 14.5. The molecule has 0 N–H and O–H groups in total. The molecular formula is C15H14O6. The Balaban J connectivity index is 1.59. The highest BCUT2D eigenvalue weighted by Crippen LogP contribution is 2.54. The van der Waals surface area contributed by atoms with E-state index in [0.717, 1.165) is 0 Å². The third-order valence-corrected chi connectivity index (χ3v) is 5.18. The van der Waals surface area contributed by atoms with Crippen LogP contribution in [0.5, 0.6) is 0 Å². The van der Waals surface area contributed by atoms with E-state index < -0.39 is 12.1 Å². The van der Waals surface area contributed by atoms with E-state index in [1.54, 1.807) is 6.08 Å². The molecule has 0 radical (unpaired) electrons. The molecule has 4 heterocycles. The van der Waals surface area contributed by atoms with Crippen LogP contribution in [-0.4, -0.2) is 48.1 Å². The van der Waals surface area contributed by atoms with Gasteiger partial charge in [0.2, 0.25) is 0 Å². The normalized spacial score (nSPS) is 53.0. The van der Waals surface area contributed by atoms with Crippen LogP contribution in [0, 0.1) is 5.92 Å². The Bertz CT molecular complexity index is 636. The van der Waals surface area contributed by atoms with E-state index in [-0.39, 0.29) is 41.9 Å². The molecule has 0 aromatic rings. The number of carbonyl (C=O) groups excluding carboxylic acids is 2. The van der Waals surface area contributed by atoms with Crippen molar-refractivity contribution in [1.29, 1.82) is 0 Å². The van der Waals surface area contributed by atoms with Crippen LogP contribution in [0.3, 0.4) is 0 Å². The molecule has 3 saturated heterocycles. The smallest absolute Gasteiger partial charge is 0.337 e. The molecule has 4 aliphatic heterocycles. The van der Waals surface area contributed by atoms with Crippen molar-refractivity contribution in [1.82, 2.24) is 0 Å². The summed E-state index contributed by atoms with van der Waals surface area (Å²) in [5.74, 6) is -1.12. The molecule has 7 atom stereocenters. The molecule has 6 nitrogen and oxygen atoms in total. The molecule has 0 aromatic carbocycles. The highest BCUT2D eigenvalue weighted by atomic mass is 16.7. The van der Waals surface area contributed by atoms with Crippen LogP contribution < -0.4 is 0 Å². The van der Waals surface area contributed by atoms with E-state index in [4.69, 9.17) is 18.9 Å². The van der Waals surface area contributed by atoms with Gasteiger partial charge in [0.15, 0.2) is 0 Å². The van der Waals surface area contributed by atoms with Crippen molar-refractivity contribution < 1.29 is 28.5 Å². The molecule has 6 heteroatoms. The van der Waals surface area contributed by atoms with Gasteiger partial charge in [0.1, 0.15) is 30.5 Å². The van der Waals surface area contributed by atoms with Gasteiger partial charge in [-0.05, 0) is 13.0 Å². The number of hydrogen-bond acceptors (Lipinski definition) is 6. The van der Waals surface area contributed by atoms with Crippen LogP contribution in [0.25, 0.3) is 0 Å². The first-order valence-electron chi connectivity index (χ1n) is 7.14. The van der Waals surface area contributed by atoms with Crippen LogP contribution in [0.15, 0.2) is 23.8 Å². The van der Waals surface area contributed by atoms with Gasteiger partial charge in [0.25, 0.3) is 0 Å². The number of epoxide rings is 2. The second-order valence-electron chi connectivity index (χ2n) is 6.56. The van der Waals surface area contributed by atoms with Gasteiger partial charge in [0.05, 0.1) is 17.1 Å². The maximum atomic E-state index is 12.0. The SMILES string of the molecule is C=C1C(=O)O[C@H]2C[C@]3(C)O[C@H]3[C@@H]3O[C@@H]3C3=C[C@@H](OC3=O)[C@@H]12. The molecule has 5 rings (SSSR count). The second kappa shape index (κ2) is 3.39. The van der Waals surface area contributed by atoms with E-state index in [0.29, 0.717) is 17.6 Å². The van der Waals surface area contributed by atoms with Gasteiger partial charge in [-0.1, -0.05) is 6.58 Å². The van der Waals surface area contributed by atoms with Gasteiger partial charge in [-0.3, -0.25) is 0 Å². The largest absolute Gasteiger partial charge is 0.458 e. The Morgan fingerprint density at radius 3 is 2.90 bits per heavy atom. The van der Waals surface area contributed by atoms with Gasteiger partial charge < -0.3 is 18.9 Å². The Kier molecular flexibility index (Phi) is 1.93. The van der Waals surface area contributed by atoms with Crippen molar-refractivity contribution in [2.75, 3.05) is 0 Å². The summed E-state index contributed by atoms with van der Waals surface area (Å²) in [5, 5.41) is 0. The highest BCUT2D eigenvalue weighted by Gasteiger charge is 2.68. The zero-order valence-corrected chi connectivity index (χ0v) is 11.4. The first kappa shape index (κ1) is 11.9. The molecule has 0 unspecified atom stereocenters. The summed E-state index contributed by atoms with van der Waals surface area (Å²) in [6.45, 7) is 5.80. The topological polar surface area (TPSA) is 77.7 Å². The van der Waals surface area contributed by atoms with Crippen molar-refractivity contribution in [3.63, 3.8) is 0 Å². The molecule has 2 bridgehead atoms. The van der Waals surface area contributed by atoms with Crippen LogP contribution in [0.1, 0.15) is 13.3 Å². The molecule has 21 heavy (non-hydrogen) atoms. The van der Waals surface area contributed by atoms with Crippen molar-refractivity contribution in [3.05, 3.63) is 23.8 Å². The second-order valence-corrected chi connectivity index (χ2v) is 6.56. The van der Waals surface area contributed by atoms with Gasteiger partial charge in [-0.2, -0.15) is 0 Å². The van der Waals surface area contributed by atoms with Gasteiger partial charge in [-0.25, -0.2) is 9.59 Å². The molecule has 3 fully saturated rings. The van der Waals surface area contributed by atoms with Crippen LogP contribution in [0.4, 0.5) is 0 Å². The summed E-state index contributed by atoms with van der Waals surface area (Å²) >= 11 is 0. The number of hydrogen-bond donors (Lipinski definition) is 0.